The summed E-state index contributed by atoms with van der Waals surface area (Å²) < 4.78 is 40.2. The summed E-state index contributed by atoms with van der Waals surface area (Å²) in [4.78, 5) is 3.83. The smallest absolute Gasteiger partial charge is 0.200 e. The maximum absolute atomic E-state index is 14.1. The first kappa shape index (κ1) is 15.0. The molecule has 6 nitrogen and oxygen atoms in total. The lowest BCUT2D eigenvalue weighted by atomic mass is 10.0. The minimum absolute atomic E-state index is 0.102. The van der Waals surface area contributed by atoms with Crippen LogP contribution in [0.25, 0.3) is 0 Å². The van der Waals surface area contributed by atoms with E-state index in [0.29, 0.717) is 6.54 Å². The normalized spacial score (nSPS) is 24.8. The number of ether oxygens (including phenoxy) is 2. The van der Waals surface area contributed by atoms with Crippen LogP contribution in [-0.2, 0) is 21.8 Å². The Kier molecular flexibility index (Phi) is 4.14. The van der Waals surface area contributed by atoms with Gasteiger partial charge in [-0.25, -0.2) is 13.8 Å². The first-order valence-electron chi connectivity index (χ1n) is 6.83. The highest BCUT2D eigenvalue weighted by molar-refractivity contribution is 5.24. The standard InChI is InChI=1S/C14H15F2N3O3/c15-10-1-2-12(13(16)5-10)14(21-7-11(6-20)22-14)3-4-19-9-17-8-18-19/h1-2,5,8-9,11,20H,3-4,6-7H2/t11-,14-/m1/s1. The van der Waals surface area contributed by atoms with Gasteiger partial charge in [-0.1, -0.05) is 0 Å². The molecule has 118 valence electrons. The monoisotopic (exact) mass is 311 g/mol. The molecule has 1 aromatic heterocycles. The average molecular weight is 311 g/mol. The zero-order valence-corrected chi connectivity index (χ0v) is 11.7. The first-order chi connectivity index (χ1) is 10.6. The van der Waals surface area contributed by atoms with E-state index in [1.807, 2.05) is 0 Å². The molecule has 1 N–H and O–H groups in total. The summed E-state index contributed by atoms with van der Waals surface area (Å²) in [5.41, 5.74) is 0.102. The fourth-order valence-corrected chi connectivity index (χ4v) is 2.47. The molecule has 0 bridgehead atoms. The van der Waals surface area contributed by atoms with Gasteiger partial charge < -0.3 is 14.6 Å². The predicted molar refractivity (Wildman–Crippen MR) is 70.6 cm³/mol. The number of hydrogen-bond acceptors (Lipinski definition) is 5. The van der Waals surface area contributed by atoms with Gasteiger partial charge in [0, 0.05) is 24.6 Å². The molecule has 3 rings (SSSR count). The molecule has 0 saturated carbocycles. The summed E-state index contributed by atoms with van der Waals surface area (Å²) in [5, 5.41) is 13.2. The highest BCUT2D eigenvalue weighted by Crippen LogP contribution is 2.39. The van der Waals surface area contributed by atoms with E-state index >= 15 is 0 Å². The van der Waals surface area contributed by atoms with E-state index in [0.717, 1.165) is 12.1 Å². The second-order valence-corrected chi connectivity index (χ2v) is 5.02. The lowest BCUT2D eigenvalue weighted by Gasteiger charge is -2.28. The van der Waals surface area contributed by atoms with Crippen LogP contribution >= 0.6 is 0 Å². The Labute approximate surface area is 125 Å². The van der Waals surface area contributed by atoms with Crippen LogP contribution in [-0.4, -0.2) is 39.2 Å². The summed E-state index contributed by atoms with van der Waals surface area (Å²) in [6.07, 6.45) is 2.60. The third-order valence-electron chi connectivity index (χ3n) is 3.54. The van der Waals surface area contributed by atoms with Crippen molar-refractivity contribution in [2.75, 3.05) is 13.2 Å². The van der Waals surface area contributed by atoms with Gasteiger partial charge in [0.25, 0.3) is 0 Å². The van der Waals surface area contributed by atoms with E-state index in [2.05, 4.69) is 10.1 Å². The van der Waals surface area contributed by atoms with Crippen molar-refractivity contribution in [1.82, 2.24) is 14.8 Å². The molecule has 2 aromatic rings. The second-order valence-electron chi connectivity index (χ2n) is 5.02. The molecular formula is C14H15F2N3O3. The van der Waals surface area contributed by atoms with Gasteiger partial charge in [0.1, 0.15) is 30.4 Å². The van der Waals surface area contributed by atoms with Crippen LogP contribution in [0.4, 0.5) is 8.78 Å². The molecule has 8 heteroatoms. The van der Waals surface area contributed by atoms with Crippen molar-refractivity contribution >= 4 is 0 Å². The van der Waals surface area contributed by atoms with E-state index < -0.39 is 23.5 Å². The van der Waals surface area contributed by atoms with E-state index in [1.165, 1.54) is 18.7 Å². The van der Waals surface area contributed by atoms with Crippen molar-refractivity contribution < 1.29 is 23.4 Å². The lowest BCUT2D eigenvalue weighted by Crippen LogP contribution is -2.31. The average Bonchev–Trinajstić information content (AvgIpc) is 3.15. The molecule has 1 aliphatic rings. The molecule has 0 amide bonds. The van der Waals surface area contributed by atoms with E-state index in [1.54, 1.807) is 4.68 Å². The van der Waals surface area contributed by atoms with Crippen molar-refractivity contribution in [3.63, 3.8) is 0 Å². The number of rotatable bonds is 5. The summed E-state index contributed by atoms with van der Waals surface area (Å²) >= 11 is 0. The van der Waals surface area contributed by atoms with Crippen LogP contribution in [0.3, 0.4) is 0 Å². The zero-order valence-electron chi connectivity index (χ0n) is 11.7. The Morgan fingerprint density at radius 1 is 1.41 bits per heavy atom. The maximum Gasteiger partial charge on any atom is 0.200 e. The highest BCUT2D eigenvalue weighted by Gasteiger charge is 2.44. The summed E-state index contributed by atoms with van der Waals surface area (Å²) in [7, 11) is 0. The van der Waals surface area contributed by atoms with Crippen molar-refractivity contribution in [1.29, 1.82) is 0 Å². The Hall–Kier alpha value is -1.90. The van der Waals surface area contributed by atoms with Crippen LogP contribution in [0, 0.1) is 11.6 Å². The number of aliphatic hydroxyl groups is 1. The molecule has 0 aliphatic carbocycles. The van der Waals surface area contributed by atoms with E-state index in [4.69, 9.17) is 9.47 Å². The third kappa shape index (κ3) is 2.85. The zero-order chi connectivity index (χ0) is 15.6. The quantitative estimate of drug-likeness (QED) is 0.899. The summed E-state index contributed by atoms with van der Waals surface area (Å²) in [6, 6.07) is 3.23. The van der Waals surface area contributed by atoms with E-state index in [-0.39, 0.29) is 25.2 Å². The largest absolute Gasteiger partial charge is 0.394 e. The fraction of sp³-hybridized carbons (Fsp3) is 0.429. The molecule has 2 heterocycles. The number of aryl methyl sites for hydroxylation is 1. The molecule has 0 spiro atoms. The van der Waals surface area contributed by atoms with Crippen molar-refractivity contribution in [2.24, 2.45) is 0 Å². The number of halogens is 2. The minimum atomic E-state index is -1.38. The Morgan fingerprint density at radius 3 is 2.91 bits per heavy atom. The van der Waals surface area contributed by atoms with Crippen molar-refractivity contribution in [3.05, 3.63) is 48.1 Å². The minimum Gasteiger partial charge on any atom is -0.394 e. The third-order valence-corrected chi connectivity index (χ3v) is 3.54. The SMILES string of the molecule is OC[C@@H]1CO[C@@](CCn2cncn2)(c2ccc(F)cc2F)O1. The van der Waals surface area contributed by atoms with Crippen molar-refractivity contribution in [3.8, 4) is 0 Å². The van der Waals surface area contributed by atoms with E-state index in [9.17, 15) is 13.9 Å². The molecule has 1 aromatic carbocycles. The van der Waals surface area contributed by atoms with Gasteiger partial charge in [-0.05, 0) is 12.1 Å². The lowest BCUT2D eigenvalue weighted by molar-refractivity contribution is -0.188. The van der Waals surface area contributed by atoms with Crippen LogP contribution in [0.15, 0.2) is 30.9 Å². The molecular weight excluding hydrogens is 296 g/mol. The molecule has 0 unspecified atom stereocenters. The maximum atomic E-state index is 14.1. The van der Waals surface area contributed by atoms with Crippen LogP contribution in [0.5, 0.6) is 0 Å². The topological polar surface area (TPSA) is 69.4 Å². The number of aliphatic hydroxyl groups excluding tert-OH is 1. The number of nitrogens with zero attached hydrogens (tertiary/aromatic N) is 3. The Bertz CT molecular complexity index is 638. The molecule has 2 atom stereocenters. The van der Waals surface area contributed by atoms with Gasteiger partial charge in [0.2, 0.25) is 0 Å². The van der Waals surface area contributed by atoms with Gasteiger partial charge in [-0.3, -0.25) is 4.68 Å². The summed E-state index contributed by atoms with van der Waals surface area (Å²) in [5.74, 6) is -2.81. The number of hydrogen-bond donors (Lipinski definition) is 1. The molecule has 1 aliphatic heterocycles. The Morgan fingerprint density at radius 2 is 2.27 bits per heavy atom. The van der Waals surface area contributed by atoms with Crippen molar-refractivity contribution in [2.45, 2.75) is 24.9 Å². The molecule has 1 fully saturated rings. The number of aromatic nitrogens is 3. The van der Waals surface area contributed by atoms with Gasteiger partial charge in [0.15, 0.2) is 5.79 Å². The van der Waals surface area contributed by atoms with Gasteiger partial charge >= 0.3 is 0 Å². The van der Waals surface area contributed by atoms with Crippen LogP contribution in [0.2, 0.25) is 0 Å². The van der Waals surface area contributed by atoms with Gasteiger partial charge in [0.05, 0.1) is 13.2 Å². The van der Waals surface area contributed by atoms with Crippen LogP contribution in [0.1, 0.15) is 12.0 Å². The molecule has 0 radical (unpaired) electrons. The Balaban J connectivity index is 1.89. The van der Waals surface area contributed by atoms with Gasteiger partial charge in [-0.15, -0.1) is 0 Å². The van der Waals surface area contributed by atoms with Crippen LogP contribution < -0.4 is 0 Å². The fourth-order valence-electron chi connectivity index (χ4n) is 2.47. The number of benzene rings is 1. The first-order valence-corrected chi connectivity index (χ1v) is 6.83. The van der Waals surface area contributed by atoms with Gasteiger partial charge in [-0.2, -0.15) is 5.10 Å². The highest BCUT2D eigenvalue weighted by atomic mass is 19.1. The summed E-state index contributed by atoms with van der Waals surface area (Å²) in [6.45, 7) is 0.257. The molecule has 22 heavy (non-hydrogen) atoms. The predicted octanol–water partition coefficient (Wildman–Crippen LogP) is 1.21. The molecule has 1 saturated heterocycles. The second kappa shape index (κ2) is 6.07.